The van der Waals surface area contributed by atoms with E-state index in [2.05, 4.69) is 37.9 Å². The van der Waals surface area contributed by atoms with Gasteiger partial charge in [0, 0.05) is 31.2 Å². The molecule has 0 aromatic heterocycles. The largest absolute Gasteiger partial charge is 0.311 e. The van der Waals surface area contributed by atoms with Crippen molar-refractivity contribution in [3.8, 4) is 0 Å². The van der Waals surface area contributed by atoms with Gasteiger partial charge in [-0.25, -0.2) is 0 Å². The van der Waals surface area contributed by atoms with Gasteiger partial charge in [0.2, 0.25) is 0 Å². The van der Waals surface area contributed by atoms with Gasteiger partial charge >= 0.3 is 0 Å². The highest BCUT2D eigenvalue weighted by molar-refractivity contribution is 5.10. The highest BCUT2D eigenvalue weighted by Crippen LogP contribution is 2.46. The molecule has 0 bridgehead atoms. The molecule has 76 valence electrons. The van der Waals surface area contributed by atoms with Crippen molar-refractivity contribution in [2.24, 2.45) is 11.8 Å². The third-order valence-corrected chi connectivity index (χ3v) is 3.48. The smallest absolute Gasteiger partial charge is 0.0158 e. The Kier molecular flexibility index (Phi) is 2.37. The summed E-state index contributed by atoms with van der Waals surface area (Å²) in [7, 11) is 0. The van der Waals surface area contributed by atoms with E-state index in [1.165, 1.54) is 13.1 Å². The number of fused-ring (bicyclic) bond motifs is 1. The number of likely N-dealkylation sites (tertiary alicyclic amines) is 1. The molecule has 1 aliphatic carbocycles. The molecule has 1 heterocycles. The Morgan fingerprint density at radius 1 is 1.08 bits per heavy atom. The summed E-state index contributed by atoms with van der Waals surface area (Å²) < 4.78 is 0. The monoisotopic (exact) mass is 182 g/mol. The van der Waals surface area contributed by atoms with E-state index >= 15 is 0 Å². The van der Waals surface area contributed by atoms with Crippen LogP contribution in [0.1, 0.15) is 27.7 Å². The Hall–Kier alpha value is -0.0800. The maximum absolute atomic E-state index is 3.65. The van der Waals surface area contributed by atoms with Crippen LogP contribution in [-0.2, 0) is 0 Å². The molecule has 0 radical (unpaired) electrons. The fourth-order valence-electron chi connectivity index (χ4n) is 2.61. The highest BCUT2D eigenvalue weighted by atomic mass is 15.2. The quantitative estimate of drug-likeness (QED) is 0.708. The van der Waals surface area contributed by atoms with Crippen LogP contribution in [0.2, 0.25) is 0 Å². The fourth-order valence-corrected chi connectivity index (χ4v) is 2.61. The van der Waals surface area contributed by atoms with E-state index in [1.807, 2.05) is 0 Å². The lowest BCUT2D eigenvalue weighted by atomic mass is 10.3. The first kappa shape index (κ1) is 9.47. The first-order valence-electron chi connectivity index (χ1n) is 5.59. The van der Waals surface area contributed by atoms with Crippen LogP contribution in [0.25, 0.3) is 0 Å². The summed E-state index contributed by atoms with van der Waals surface area (Å²) in [6, 6.07) is 2.24. The van der Waals surface area contributed by atoms with E-state index in [0.717, 1.165) is 23.9 Å². The molecule has 2 heteroatoms. The summed E-state index contributed by atoms with van der Waals surface area (Å²) in [5.74, 6) is 1.93. The van der Waals surface area contributed by atoms with Gasteiger partial charge in [-0.05, 0) is 25.7 Å². The molecule has 0 aromatic rings. The number of rotatable bonds is 3. The third-order valence-electron chi connectivity index (χ3n) is 3.48. The second-order valence-corrected chi connectivity index (χ2v) is 5.22. The van der Waals surface area contributed by atoms with Crippen molar-refractivity contribution in [3.05, 3.63) is 0 Å². The maximum Gasteiger partial charge on any atom is 0.0158 e. The van der Waals surface area contributed by atoms with Crippen molar-refractivity contribution in [1.82, 2.24) is 10.2 Å². The molecular formula is C11H22N2. The summed E-state index contributed by atoms with van der Waals surface area (Å²) in [5, 5.41) is 3.65. The van der Waals surface area contributed by atoms with Crippen LogP contribution in [0.5, 0.6) is 0 Å². The van der Waals surface area contributed by atoms with E-state index in [9.17, 15) is 0 Å². The standard InChI is InChI=1S/C11H22N2/c1-7(2)12-11-9-5-13(8(3)4)6-10(9)11/h7-12H,5-6H2,1-4H3. The predicted octanol–water partition coefficient (Wildman–Crippen LogP) is 1.32. The van der Waals surface area contributed by atoms with Crippen molar-refractivity contribution in [2.75, 3.05) is 13.1 Å². The van der Waals surface area contributed by atoms with Crippen molar-refractivity contribution >= 4 is 0 Å². The number of nitrogens with one attached hydrogen (secondary N) is 1. The minimum atomic E-state index is 0.656. The zero-order valence-electron chi connectivity index (χ0n) is 9.25. The normalized spacial score (nSPS) is 38.8. The predicted molar refractivity (Wildman–Crippen MR) is 55.7 cm³/mol. The Morgan fingerprint density at radius 3 is 2.00 bits per heavy atom. The molecule has 2 nitrogen and oxygen atoms in total. The molecule has 13 heavy (non-hydrogen) atoms. The maximum atomic E-state index is 3.65. The summed E-state index contributed by atoms with van der Waals surface area (Å²) in [6.45, 7) is 11.7. The second kappa shape index (κ2) is 3.25. The molecule has 2 aliphatic rings. The van der Waals surface area contributed by atoms with Crippen LogP contribution in [0.3, 0.4) is 0 Å². The molecule has 1 saturated carbocycles. The number of piperidine rings is 1. The zero-order valence-corrected chi connectivity index (χ0v) is 9.25. The molecule has 0 spiro atoms. The first-order valence-corrected chi connectivity index (χ1v) is 5.59. The Balaban J connectivity index is 1.77. The summed E-state index contributed by atoms with van der Waals surface area (Å²) in [5.41, 5.74) is 0. The average Bonchev–Trinajstić information content (AvgIpc) is 2.51. The number of hydrogen-bond donors (Lipinski definition) is 1. The molecule has 0 aromatic carbocycles. The fraction of sp³-hybridized carbons (Fsp3) is 1.00. The topological polar surface area (TPSA) is 15.3 Å². The van der Waals surface area contributed by atoms with Crippen molar-refractivity contribution in [3.63, 3.8) is 0 Å². The van der Waals surface area contributed by atoms with Crippen LogP contribution in [0.15, 0.2) is 0 Å². The lowest BCUT2D eigenvalue weighted by Crippen LogP contribution is -2.37. The van der Waals surface area contributed by atoms with Gasteiger partial charge < -0.3 is 10.2 Å². The van der Waals surface area contributed by atoms with Crippen LogP contribution in [-0.4, -0.2) is 36.1 Å². The van der Waals surface area contributed by atoms with Gasteiger partial charge in [0.25, 0.3) is 0 Å². The van der Waals surface area contributed by atoms with Crippen molar-refractivity contribution < 1.29 is 0 Å². The van der Waals surface area contributed by atoms with Gasteiger partial charge in [0.05, 0.1) is 0 Å². The minimum Gasteiger partial charge on any atom is -0.311 e. The molecule has 2 atom stereocenters. The van der Waals surface area contributed by atoms with Gasteiger partial charge in [-0.2, -0.15) is 0 Å². The van der Waals surface area contributed by atoms with E-state index in [0.29, 0.717) is 6.04 Å². The molecular weight excluding hydrogens is 160 g/mol. The highest BCUT2D eigenvalue weighted by Gasteiger charge is 2.55. The van der Waals surface area contributed by atoms with Crippen molar-refractivity contribution in [1.29, 1.82) is 0 Å². The summed E-state index contributed by atoms with van der Waals surface area (Å²) >= 11 is 0. The van der Waals surface area contributed by atoms with E-state index < -0.39 is 0 Å². The molecule has 1 N–H and O–H groups in total. The second-order valence-electron chi connectivity index (χ2n) is 5.22. The first-order chi connectivity index (χ1) is 6.09. The van der Waals surface area contributed by atoms with E-state index in [4.69, 9.17) is 0 Å². The molecule has 2 unspecified atom stereocenters. The lowest BCUT2D eigenvalue weighted by Gasteiger charge is -2.24. The van der Waals surface area contributed by atoms with Gasteiger partial charge in [-0.15, -0.1) is 0 Å². The van der Waals surface area contributed by atoms with Gasteiger partial charge in [-0.3, -0.25) is 0 Å². The Morgan fingerprint density at radius 2 is 1.62 bits per heavy atom. The van der Waals surface area contributed by atoms with E-state index in [-0.39, 0.29) is 0 Å². The van der Waals surface area contributed by atoms with E-state index in [1.54, 1.807) is 0 Å². The number of nitrogens with zero attached hydrogens (tertiary/aromatic N) is 1. The summed E-state index contributed by atoms with van der Waals surface area (Å²) in [6.07, 6.45) is 0. The molecule has 2 rings (SSSR count). The Bertz CT molecular complexity index is 177. The van der Waals surface area contributed by atoms with Crippen molar-refractivity contribution in [2.45, 2.75) is 45.8 Å². The van der Waals surface area contributed by atoms with Crippen LogP contribution in [0.4, 0.5) is 0 Å². The van der Waals surface area contributed by atoms with Crippen LogP contribution >= 0.6 is 0 Å². The van der Waals surface area contributed by atoms with Gasteiger partial charge in [0.15, 0.2) is 0 Å². The molecule has 2 fully saturated rings. The lowest BCUT2D eigenvalue weighted by molar-refractivity contribution is 0.236. The summed E-state index contributed by atoms with van der Waals surface area (Å²) in [4.78, 5) is 2.60. The minimum absolute atomic E-state index is 0.656. The third kappa shape index (κ3) is 1.75. The van der Waals surface area contributed by atoms with Gasteiger partial charge in [0.1, 0.15) is 0 Å². The molecule has 1 saturated heterocycles. The average molecular weight is 182 g/mol. The Labute approximate surface area is 81.7 Å². The van der Waals surface area contributed by atoms with Crippen LogP contribution < -0.4 is 5.32 Å². The van der Waals surface area contributed by atoms with Gasteiger partial charge in [-0.1, -0.05) is 13.8 Å². The molecule has 1 aliphatic heterocycles. The zero-order chi connectivity index (χ0) is 9.59. The SMILES string of the molecule is CC(C)NC1C2CN(C(C)C)CC21. The number of hydrogen-bond acceptors (Lipinski definition) is 2. The molecule has 0 amide bonds. The van der Waals surface area contributed by atoms with Crippen LogP contribution in [0, 0.1) is 11.8 Å².